The van der Waals surface area contributed by atoms with Gasteiger partial charge in [-0.05, 0) is 49.4 Å². The number of rotatable bonds is 23. The lowest BCUT2D eigenvalue weighted by Crippen LogP contribution is -2.27. The molecule has 1 heterocycles. The maximum absolute atomic E-state index is 13.7. The number of ether oxygens (including phenoxy) is 2. The zero-order valence-electron chi connectivity index (χ0n) is 28.0. The Balaban J connectivity index is 1.92. The third-order valence-electron chi connectivity index (χ3n) is 6.94. The summed E-state index contributed by atoms with van der Waals surface area (Å²) in [5, 5.41) is 39.6. The number of benzene rings is 1. The Labute approximate surface area is 288 Å². The summed E-state index contributed by atoms with van der Waals surface area (Å²) in [7, 11) is -2.40. The molecule has 1 aromatic carbocycles. The minimum Gasteiger partial charge on any atom is -0.466 e. The molecule has 0 saturated carbocycles. The van der Waals surface area contributed by atoms with Crippen molar-refractivity contribution in [2.45, 2.75) is 70.2 Å². The smallest absolute Gasteiger partial charge is 0.308 e. The normalized spacial score (nSPS) is 13.5. The minimum absolute atomic E-state index is 0.00747. The van der Waals surface area contributed by atoms with Gasteiger partial charge in [0, 0.05) is 37.8 Å². The average Bonchev–Trinajstić information content (AvgIpc) is 3.02. The van der Waals surface area contributed by atoms with E-state index in [4.69, 9.17) is 9.47 Å². The summed E-state index contributed by atoms with van der Waals surface area (Å²) in [5.41, 5.74) is 1.67. The molecule has 0 aliphatic heterocycles. The number of aliphatic hydroxyl groups excluding tert-OH is 2. The highest BCUT2D eigenvalue weighted by Gasteiger charge is 2.23. The van der Waals surface area contributed by atoms with Gasteiger partial charge in [0.2, 0.25) is 16.0 Å². The molecule has 0 amide bonds. The summed E-state index contributed by atoms with van der Waals surface area (Å²) < 4.78 is 49.5. The third kappa shape index (κ3) is 14.9. The highest BCUT2D eigenvalue weighted by Crippen LogP contribution is 2.31. The Hall–Kier alpha value is -4.53. The van der Waals surface area contributed by atoms with Crippen molar-refractivity contribution in [2.24, 2.45) is 0 Å². The van der Waals surface area contributed by atoms with Crippen LogP contribution in [-0.4, -0.2) is 103 Å². The molecule has 0 aliphatic carbocycles. The number of esters is 1. The zero-order valence-corrected chi connectivity index (χ0v) is 28.9. The monoisotopic (exact) mass is 731 g/mol. The number of carbonyl (C=O) groups excluding carboxylic acids is 1. The molecule has 1 unspecified atom stereocenters. The summed E-state index contributed by atoms with van der Waals surface area (Å²) in [6, 6.07) is 5.43. The fraction of sp³-hybridized carbons (Fsp3) is 0.567. The van der Waals surface area contributed by atoms with Crippen LogP contribution in [0.1, 0.15) is 63.1 Å². The van der Waals surface area contributed by atoms with Crippen molar-refractivity contribution in [1.29, 1.82) is 0 Å². The average molecular weight is 732 g/mol. The van der Waals surface area contributed by atoms with E-state index in [0.717, 1.165) is 10.6 Å². The fourth-order valence-electron chi connectivity index (χ4n) is 4.34. The zero-order chi connectivity index (χ0) is 37.4. The summed E-state index contributed by atoms with van der Waals surface area (Å²) in [6.45, 7) is 3.29. The Morgan fingerprint density at radius 2 is 1.72 bits per heavy atom. The van der Waals surface area contributed by atoms with Crippen molar-refractivity contribution in [3.63, 3.8) is 0 Å². The Bertz CT molecular complexity index is 1560. The first kappa shape index (κ1) is 41.6. The summed E-state index contributed by atoms with van der Waals surface area (Å²) in [5.74, 6) is -1.49. The van der Waals surface area contributed by atoms with Crippen molar-refractivity contribution in [2.75, 3.05) is 44.0 Å². The molecule has 2 aromatic rings. The van der Waals surface area contributed by atoms with Gasteiger partial charge in [-0.3, -0.25) is 4.79 Å². The Morgan fingerprint density at radius 1 is 1.06 bits per heavy atom. The van der Waals surface area contributed by atoms with Crippen molar-refractivity contribution >= 4 is 28.0 Å². The second-order valence-corrected chi connectivity index (χ2v) is 13.4. The summed E-state index contributed by atoms with van der Waals surface area (Å²) in [6.07, 6.45) is 0.516. The van der Waals surface area contributed by atoms with Crippen LogP contribution in [0, 0.1) is 26.0 Å². The molecule has 0 bridgehead atoms. The number of hydrogen-bond acceptors (Lipinski definition) is 15. The molecule has 20 heteroatoms. The van der Waals surface area contributed by atoms with Crippen LogP contribution in [0.5, 0.6) is 0 Å². The molecule has 278 valence electrons. The lowest BCUT2D eigenvalue weighted by atomic mass is 9.97. The number of nitrogens with zero attached hydrogens (tertiary/aromatic N) is 5. The van der Waals surface area contributed by atoms with Crippen LogP contribution >= 0.6 is 0 Å². The van der Waals surface area contributed by atoms with Gasteiger partial charge in [-0.1, -0.05) is 26.0 Å². The van der Waals surface area contributed by atoms with Crippen LogP contribution in [0.4, 0.5) is 10.3 Å². The molecule has 50 heavy (non-hydrogen) atoms. The van der Waals surface area contributed by atoms with Crippen molar-refractivity contribution in [3.8, 4) is 11.3 Å². The third-order valence-corrected chi connectivity index (χ3v) is 8.10. The largest absolute Gasteiger partial charge is 0.466 e. The molecule has 0 aliphatic rings. The number of hydrogen-bond donors (Lipinski definition) is 2. The molecule has 3 atom stereocenters. The van der Waals surface area contributed by atoms with Crippen molar-refractivity contribution in [3.05, 3.63) is 67.6 Å². The maximum atomic E-state index is 13.7. The van der Waals surface area contributed by atoms with Gasteiger partial charge in [-0.2, -0.15) is 0 Å². The van der Waals surface area contributed by atoms with Crippen LogP contribution < -0.4 is 4.31 Å². The molecule has 2 rings (SSSR count). The number of carbonyl (C=O) groups is 1. The Kier molecular flexibility index (Phi) is 16.8. The van der Waals surface area contributed by atoms with Crippen molar-refractivity contribution in [1.82, 2.24) is 9.97 Å². The second kappa shape index (κ2) is 20.2. The van der Waals surface area contributed by atoms with E-state index in [1.54, 1.807) is 0 Å². The van der Waals surface area contributed by atoms with E-state index in [-0.39, 0.29) is 50.9 Å². The SMILES string of the molecule is CC(C)c1nc(N(C)S(C)(=O)=O)nc(-c2ccc(F)cc2)c1/C=C/[C@@H](O)C[C@@H](O)CC(=O)OCCCCOCCC(CO[N+](=O)[O-])O[N+](=O)[O-]. The standard InChI is InChI=1S/C30H42FN5O13S/c1-20(2)28-26(29(21-7-9-22(31)10-8-21)33-30(32-28)34(3)50(4,44)45)12-11-23(37)17-24(38)18-27(39)47-15-6-5-14-46-16-13-25(49-36(42)43)19-48-35(40)41/h7-12,20,23-25,37-38H,5-6,13-19H2,1-4H3/b12-11+/t23-,24-,25?/m1/s1. The lowest BCUT2D eigenvalue weighted by Gasteiger charge is -2.20. The number of sulfonamides is 1. The molecule has 0 saturated heterocycles. The summed E-state index contributed by atoms with van der Waals surface area (Å²) >= 11 is 0. The van der Waals surface area contributed by atoms with Crippen LogP contribution in [0.15, 0.2) is 30.3 Å². The van der Waals surface area contributed by atoms with Crippen LogP contribution in [0.25, 0.3) is 17.3 Å². The highest BCUT2D eigenvalue weighted by atomic mass is 32.2. The molecule has 18 nitrogen and oxygen atoms in total. The molecular weight excluding hydrogens is 689 g/mol. The number of unbranched alkanes of at least 4 members (excludes halogenated alkanes) is 1. The molecule has 0 spiro atoms. The predicted octanol–water partition coefficient (Wildman–Crippen LogP) is 2.83. The molecule has 0 radical (unpaired) electrons. The predicted molar refractivity (Wildman–Crippen MR) is 175 cm³/mol. The first-order valence-corrected chi connectivity index (χ1v) is 17.3. The van der Waals surface area contributed by atoms with E-state index >= 15 is 0 Å². The fourth-order valence-corrected chi connectivity index (χ4v) is 4.71. The van der Waals surface area contributed by atoms with Crippen molar-refractivity contribution < 1.29 is 57.1 Å². The van der Waals surface area contributed by atoms with E-state index < -0.39 is 56.9 Å². The molecule has 1 aromatic heterocycles. The molecule has 0 fully saturated rings. The number of aromatic nitrogens is 2. The quantitative estimate of drug-likeness (QED) is 0.0722. The van der Waals surface area contributed by atoms with E-state index in [2.05, 4.69) is 19.6 Å². The van der Waals surface area contributed by atoms with E-state index in [0.29, 0.717) is 35.4 Å². The number of anilines is 1. The van der Waals surface area contributed by atoms with Gasteiger partial charge < -0.3 is 29.4 Å². The molecular formula is C30H42FN5O13S. The molecule has 2 N–H and O–H groups in total. The van der Waals surface area contributed by atoms with Gasteiger partial charge in [0.25, 0.3) is 10.2 Å². The number of aliphatic hydroxyl groups is 2. The van der Waals surface area contributed by atoms with E-state index in [1.807, 2.05) is 13.8 Å². The first-order valence-electron chi connectivity index (χ1n) is 15.5. The number of halogens is 1. The van der Waals surface area contributed by atoms with Gasteiger partial charge in [-0.15, -0.1) is 20.2 Å². The topological polar surface area (TPSA) is 244 Å². The van der Waals surface area contributed by atoms with Gasteiger partial charge in [0.05, 0.1) is 42.9 Å². The maximum Gasteiger partial charge on any atom is 0.308 e. The van der Waals surface area contributed by atoms with Gasteiger partial charge in [0.1, 0.15) is 18.5 Å². The second-order valence-electron chi connectivity index (χ2n) is 11.4. The first-order chi connectivity index (χ1) is 23.5. The van der Waals surface area contributed by atoms with Crippen LogP contribution in [0.3, 0.4) is 0 Å². The van der Waals surface area contributed by atoms with E-state index in [9.17, 15) is 48.0 Å². The van der Waals surface area contributed by atoms with Gasteiger partial charge in [-0.25, -0.2) is 27.1 Å². The van der Waals surface area contributed by atoms with Crippen LogP contribution in [-0.2, 0) is 34.0 Å². The van der Waals surface area contributed by atoms with Gasteiger partial charge in [0.15, 0.2) is 0 Å². The summed E-state index contributed by atoms with van der Waals surface area (Å²) in [4.78, 5) is 50.2. The van der Waals surface area contributed by atoms with Gasteiger partial charge >= 0.3 is 5.97 Å². The van der Waals surface area contributed by atoms with Crippen LogP contribution in [0.2, 0.25) is 0 Å². The van der Waals surface area contributed by atoms with E-state index in [1.165, 1.54) is 43.5 Å². The highest BCUT2D eigenvalue weighted by molar-refractivity contribution is 7.92. The lowest BCUT2D eigenvalue weighted by molar-refractivity contribution is -0.790. The minimum atomic E-state index is -3.71. The Morgan fingerprint density at radius 3 is 2.32 bits per heavy atom.